The first-order valence-corrected chi connectivity index (χ1v) is 9.57. The summed E-state index contributed by atoms with van der Waals surface area (Å²) in [6.45, 7) is 10.8. The highest BCUT2D eigenvalue weighted by atomic mass is 15.3. The van der Waals surface area contributed by atoms with Crippen molar-refractivity contribution in [1.29, 1.82) is 0 Å². The average Bonchev–Trinajstić information content (AvgIpc) is 3.20. The third-order valence-electron chi connectivity index (χ3n) is 5.87. The molecule has 0 amide bonds. The molecule has 0 atom stereocenters. The van der Waals surface area contributed by atoms with Crippen LogP contribution in [0.25, 0.3) is 27.9 Å². The fourth-order valence-corrected chi connectivity index (χ4v) is 4.05. The number of fused-ring (bicyclic) bond motifs is 2. The Kier molecular flexibility index (Phi) is 3.59. The minimum absolute atomic E-state index is 0.363. The maximum absolute atomic E-state index is 5.06. The number of aromatic nitrogens is 5. The fraction of sp³-hybridized carbons (Fsp3) is 0.381. The number of hydrogen-bond acceptors (Lipinski definition) is 4. The van der Waals surface area contributed by atoms with Crippen molar-refractivity contribution in [3.63, 3.8) is 0 Å². The van der Waals surface area contributed by atoms with Crippen LogP contribution in [0.3, 0.4) is 0 Å². The Morgan fingerprint density at radius 2 is 1.96 bits per heavy atom. The van der Waals surface area contributed by atoms with Crippen molar-refractivity contribution < 1.29 is 0 Å². The van der Waals surface area contributed by atoms with E-state index >= 15 is 0 Å². The molecule has 0 aromatic carbocycles. The molecular formula is C21H24N6. The molecule has 0 aliphatic carbocycles. The molecule has 0 radical (unpaired) electrons. The highest BCUT2D eigenvalue weighted by Gasteiger charge is 2.24. The van der Waals surface area contributed by atoms with Gasteiger partial charge in [0.15, 0.2) is 5.65 Å². The van der Waals surface area contributed by atoms with Gasteiger partial charge in [-0.2, -0.15) is 5.10 Å². The van der Waals surface area contributed by atoms with E-state index in [-0.39, 0.29) is 0 Å². The van der Waals surface area contributed by atoms with Crippen molar-refractivity contribution in [3.05, 3.63) is 47.0 Å². The number of pyridine rings is 2. The first kappa shape index (κ1) is 16.4. The van der Waals surface area contributed by atoms with Crippen LogP contribution in [0.2, 0.25) is 0 Å². The second kappa shape index (κ2) is 5.89. The second-order valence-electron chi connectivity index (χ2n) is 7.88. The average molecular weight is 360 g/mol. The number of aromatic amines is 1. The molecule has 5 heterocycles. The Hall–Kier alpha value is -2.73. The maximum atomic E-state index is 5.06. The first-order valence-electron chi connectivity index (χ1n) is 9.57. The molecule has 0 saturated carbocycles. The molecule has 0 bridgehead atoms. The Morgan fingerprint density at radius 1 is 1.15 bits per heavy atom. The van der Waals surface area contributed by atoms with Gasteiger partial charge in [0.1, 0.15) is 6.33 Å². The Morgan fingerprint density at radius 3 is 2.67 bits per heavy atom. The van der Waals surface area contributed by atoms with Crippen LogP contribution in [0.15, 0.2) is 24.7 Å². The molecule has 0 unspecified atom stereocenters. The van der Waals surface area contributed by atoms with E-state index in [0.29, 0.717) is 11.8 Å². The van der Waals surface area contributed by atoms with Crippen LogP contribution in [0, 0.1) is 13.8 Å². The van der Waals surface area contributed by atoms with Crippen LogP contribution in [0.5, 0.6) is 0 Å². The molecule has 5 rings (SSSR count). The van der Waals surface area contributed by atoms with Gasteiger partial charge in [0.2, 0.25) is 0 Å². The van der Waals surface area contributed by atoms with Gasteiger partial charge in [-0.25, -0.2) is 9.50 Å². The normalized spacial score (nSPS) is 15.1. The molecule has 1 fully saturated rings. The highest BCUT2D eigenvalue weighted by molar-refractivity contribution is 5.89. The SMILES string of the molecule is Cc1c(-c2[nH]c3ccc(C4CNC4)nc3c2C(C)C)cn2ncnc2c1C. The first-order chi connectivity index (χ1) is 13.0. The second-order valence-corrected chi connectivity index (χ2v) is 7.88. The lowest BCUT2D eigenvalue weighted by molar-refractivity contribution is 0.441. The Bertz CT molecular complexity index is 1160. The van der Waals surface area contributed by atoms with Crippen LogP contribution in [0.4, 0.5) is 0 Å². The summed E-state index contributed by atoms with van der Waals surface area (Å²) >= 11 is 0. The molecule has 1 saturated heterocycles. The molecule has 6 heteroatoms. The number of hydrogen-bond donors (Lipinski definition) is 2. The summed E-state index contributed by atoms with van der Waals surface area (Å²) < 4.78 is 1.87. The summed E-state index contributed by atoms with van der Waals surface area (Å²) in [6, 6.07) is 4.35. The van der Waals surface area contributed by atoms with Gasteiger partial charge in [-0.1, -0.05) is 13.8 Å². The van der Waals surface area contributed by atoms with Crippen LogP contribution in [-0.2, 0) is 0 Å². The predicted octanol–water partition coefficient (Wildman–Crippen LogP) is 3.70. The van der Waals surface area contributed by atoms with E-state index in [2.05, 4.69) is 66.4 Å². The van der Waals surface area contributed by atoms with Crippen molar-refractivity contribution in [3.8, 4) is 11.3 Å². The minimum atomic E-state index is 0.363. The smallest absolute Gasteiger partial charge is 0.158 e. The number of nitrogens with one attached hydrogen (secondary N) is 2. The topological polar surface area (TPSA) is 70.9 Å². The molecule has 1 aliphatic rings. The lowest BCUT2D eigenvalue weighted by Gasteiger charge is -2.26. The molecule has 4 aromatic heterocycles. The summed E-state index contributed by atoms with van der Waals surface area (Å²) in [5.41, 5.74) is 10.3. The van der Waals surface area contributed by atoms with Crippen molar-refractivity contribution in [2.45, 2.75) is 39.5 Å². The van der Waals surface area contributed by atoms with Crippen molar-refractivity contribution in [2.24, 2.45) is 0 Å². The maximum Gasteiger partial charge on any atom is 0.158 e. The third kappa shape index (κ3) is 2.40. The van der Waals surface area contributed by atoms with Crippen molar-refractivity contribution in [2.75, 3.05) is 13.1 Å². The zero-order chi connectivity index (χ0) is 18.7. The van der Waals surface area contributed by atoms with Gasteiger partial charge in [0, 0.05) is 42.0 Å². The standard InChI is InChI=1S/C21H24N6/c1-11(2)18-19(15-9-27-21(23-10-24-27)13(4)12(15)3)26-17-6-5-16(25-20(17)18)14-7-22-8-14/h5-6,9-11,14,22,26H,7-8H2,1-4H3. The fourth-order valence-electron chi connectivity index (χ4n) is 4.05. The Balaban J connectivity index is 1.77. The van der Waals surface area contributed by atoms with Gasteiger partial charge in [0.05, 0.1) is 16.7 Å². The van der Waals surface area contributed by atoms with Gasteiger partial charge in [-0.15, -0.1) is 0 Å². The van der Waals surface area contributed by atoms with Gasteiger partial charge >= 0.3 is 0 Å². The van der Waals surface area contributed by atoms with E-state index in [1.807, 2.05) is 4.52 Å². The summed E-state index contributed by atoms with van der Waals surface area (Å²) in [6.07, 6.45) is 3.69. The number of rotatable bonds is 3. The predicted molar refractivity (Wildman–Crippen MR) is 107 cm³/mol. The van der Waals surface area contributed by atoms with E-state index in [9.17, 15) is 0 Å². The molecule has 1 aliphatic heterocycles. The summed E-state index contributed by atoms with van der Waals surface area (Å²) in [4.78, 5) is 13.1. The lowest BCUT2D eigenvalue weighted by atomic mass is 9.94. The highest BCUT2D eigenvalue weighted by Crippen LogP contribution is 2.37. The molecule has 138 valence electrons. The molecule has 2 N–H and O–H groups in total. The van der Waals surface area contributed by atoms with E-state index in [1.165, 1.54) is 22.4 Å². The van der Waals surface area contributed by atoms with Crippen LogP contribution in [-0.4, -0.2) is 37.7 Å². The molecule has 0 spiro atoms. The van der Waals surface area contributed by atoms with Crippen LogP contribution < -0.4 is 5.32 Å². The molecule has 4 aromatic rings. The third-order valence-corrected chi connectivity index (χ3v) is 5.87. The van der Waals surface area contributed by atoms with Crippen molar-refractivity contribution in [1.82, 2.24) is 29.9 Å². The van der Waals surface area contributed by atoms with E-state index in [0.717, 1.165) is 41.0 Å². The lowest BCUT2D eigenvalue weighted by Crippen LogP contribution is -2.40. The van der Waals surface area contributed by atoms with Gasteiger partial charge in [0.25, 0.3) is 0 Å². The van der Waals surface area contributed by atoms with Crippen LogP contribution >= 0.6 is 0 Å². The van der Waals surface area contributed by atoms with Gasteiger partial charge in [-0.05, 0) is 43.0 Å². The quantitative estimate of drug-likeness (QED) is 0.584. The largest absolute Gasteiger partial charge is 0.353 e. The number of aryl methyl sites for hydroxylation is 1. The zero-order valence-corrected chi connectivity index (χ0v) is 16.2. The van der Waals surface area contributed by atoms with Gasteiger partial charge < -0.3 is 10.3 Å². The summed E-state index contributed by atoms with van der Waals surface area (Å²) in [5, 5.41) is 7.70. The van der Waals surface area contributed by atoms with Gasteiger partial charge in [-0.3, -0.25) is 4.98 Å². The molecule has 27 heavy (non-hydrogen) atoms. The van der Waals surface area contributed by atoms with E-state index in [4.69, 9.17) is 4.98 Å². The molecular weight excluding hydrogens is 336 g/mol. The number of H-pyrrole nitrogens is 1. The number of nitrogens with zero attached hydrogens (tertiary/aromatic N) is 4. The molecule has 6 nitrogen and oxygen atoms in total. The summed E-state index contributed by atoms with van der Waals surface area (Å²) in [7, 11) is 0. The minimum Gasteiger partial charge on any atom is -0.353 e. The van der Waals surface area contributed by atoms with Crippen LogP contribution in [0.1, 0.15) is 48.1 Å². The van der Waals surface area contributed by atoms with Crippen molar-refractivity contribution >= 4 is 16.7 Å². The zero-order valence-electron chi connectivity index (χ0n) is 16.2. The van der Waals surface area contributed by atoms with E-state index in [1.54, 1.807) is 6.33 Å². The van der Waals surface area contributed by atoms with E-state index < -0.39 is 0 Å². The Labute approximate surface area is 158 Å². The summed E-state index contributed by atoms with van der Waals surface area (Å²) in [5.74, 6) is 0.894. The monoisotopic (exact) mass is 360 g/mol.